The first-order chi connectivity index (χ1) is 11.6. The molecule has 1 saturated heterocycles. The lowest BCUT2D eigenvalue weighted by atomic mass is 10.1. The van der Waals surface area contributed by atoms with Gasteiger partial charge in [-0.05, 0) is 38.7 Å². The Bertz CT molecular complexity index is 622. The van der Waals surface area contributed by atoms with E-state index in [1.165, 1.54) is 5.56 Å². The predicted molar refractivity (Wildman–Crippen MR) is 95.9 cm³/mol. The lowest BCUT2D eigenvalue weighted by Crippen LogP contribution is -2.45. The Hall–Kier alpha value is -2.05. The number of hydrogen-bond acceptors (Lipinski definition) is 6. The summed E-state index contributed by atoms with van der Waals surface area (Å²) in [6, 6.07) is 4.45. The molecule has 0 amide bonds. The first kappa shape index (κ1) is 16.8. The van der Waals surface area contributed by atoms with Crippen LogP contribution in [0.25, 0.3) is 0 Å². The fourth-order valence-electron chi connectivity index (χ4n) is 2.92. The van der Waals surface area contributed by atoms with E-state index in [2.05, 4.69) is 62.8 Å². The van der Waals surface area contributed by atoms with E-state index in [1.54, 1.807) is 0 Å². The Morgan fingerprint density at radius 1 is 1.08 bits per heavy atom. The minimum absolute atomic E-state index is 0.324. The van der Waals surface area contributed by atoms with Gasteiger partial charge in [-0.3, -0.25) is 9.88 Å². The van der Waals surface area contributed by atoms with Gasteiger partial charge in [0.05, 0.1) is 0 Å². The van der Waals surface area contributed by atoms with Crippen molar-refractivity contribution in [1.82, 2.24) is 24.8 Å². The van der Waals surface area contributed by atoms with Crippen LogP contribution >= 0.6 is 0 Å². The lowest BCUT2D eigenvalue weighted by Gasteiger charge is -2.32. The van der Waals surface area contributed by atoms with Gasteiger partial charge >= 0.3 is 0 Å². The molecule has 6 nitrogen and oxygen atoms in total. The topological polar surface area (TPSA) is 48.4 Å². The van der Waals surface area contributed by atoms with Crippen molar-refractivity contribution in [2.45, 2.75) is 19.5 Å². The van der Waals surface area contributed by atoms with E-state index in [0.29, 0.717) is 6.04 Å². The molecule has 0 saturated carbocycles. The SMILES string of the molecule is C[C@@H](c1ccncc1)N(C)Cc1cnc(N2CCN(C)CC2)nc1. The molecule has 1 aliphatic heterocycles. The second-order valence-electron chi connectivity index (χ2n) is 6.55. The molecule has 128 valence electrons. The number of anilines is 1. The Morgan fingerprint density at radius 3 is 2.33 bits per heavy atom. The van der Waals surface area contributed by atoms with Gasteiger partial charge in [0.1, 0.15) is 0 Å². The number of likely N-dealkylation sites (N-methyl/N-ethyl adjacent to an activating group) is 1. The molecule has 0 aliphatic carbocycles. The van der Waals surface area contributed by atoms with Crippen molar-refractivity contribution in [2.24, 2.45) is 0 Å². The summed E-state index contributed by atoms with van der Waals surface area (Å²) in [5.41, 5.74) is 2.40. The van der Waals surface area contributed by atoms with Crippen molar-refractivity contribution in [3.05, 3.63) is 48.0 Å². The molecule has 24 heavy (non-hydrogen) atoms. The molecule has 3 rings (SSSR count). The zero-order valence-corrected chi connectivity index (χ0v) is 14.8. The molecule has 0 spiro atoms. The van der Waals surface area contributed by atoms with Crippen LogP contribution in [-0.4, -0.2) is 65.0 Å². The third-order valence-electron chi connectivity index (χ3n) is 4.76. The van der Waals surface area contributed by atoms with Crippen LogP contribution in [-0.2, 0) is 6.54 Å². The van der Waals surface area contributed by atoms with Crippen molar-refractivity contribution in [3.8, 4) is 0 Å². The van der Waals surface area contributed by atoms with Crippen LogP contribution in [0.1, 0.15) is 24.1 Å². The quantitative estimate of drug-likeness (QED) is 0.835. The maximum atomic E-state index is 4.57. The number of piperazine rings is 1. The average molecular weight is 326 g/mol. The second kappa shape index (κ2) is 7.68. The van der Waals surface area contributed by atoms with Crippen LogP contribution in [0.2, 0.25) is 0 Å². The summed E-state index contributed by atoms with van der Waals surface area (Å²) in [6.45, 7) is 7.15. The molecular weight excluding hydrogens is 300 g/mol. The summed E-state index contributed by atoms with van der Waals surface area (Å²) in [6.07, 6.45) is 7.59. The van der Waals surface area contributed by atoms with E-state index in [0.717, 1.165) is 44.2 Å². The van der Waals surface area contributed by atoms with Crippen LogP contribution < -0.4 is 4.90 Å². The summed E-state index contributed by atoms with van der Waals surface area (Å²) in [7, 11) is 4.28. The third-order valence-corrected chi connectivity index (χ3v) is 4.76. The van der Waals surface area contributed by atoms with E-state index in [1.807, 2.05) is 24.8 Å². The molecule has 0 radical (unpaired) electrons. The van der Waals surface area contributed by atoms with Gasteiger partial charge in [0.25, 0.3) is 0 Å². The van der Waals surface area contributed by atoms with Gasteiger partial charge in [0, 0.05) is 69.1 Å². The van der Waals surface area contributed by atoms with Crippen molar-refractivity contribution in [2.75, 3.05) is 45.2 Å². The highest BCUT2D eigenvalue weighted by Gasteiger charge is 2.17. The fraction of sp³-hybridized carbons (Fsp3) is 0.500. The van der Waals surface area contributed by atoms with Crippen molar-refractivity contribution in [1.29, 1.82) is 0 Å². The molecule has 0 aromatic carbocycles. The summed E-state index contributed by atoms with van der Waals surface area (Å²) in [5, 5.41) is 0. The molecule has 6 heteroatoms. The maximum absolute atomic E-state index is 4.57. The number of pyridine rings is 1. The smallest absolute Gasteiger partial charge is 0.225 e. The van der Waals surface area contributed by atoms with Gasteiger partial charge in [-0.25, -0.2) is 9.97 Å². The monoisotopic (exact) mass is 326 g/mol. The predicted octanol–water partition coefficient (Wildman–Crippen LogP) is 1.82. The number of hydrogen-bond donors (Lipinski definition) is 0. The van der Waals surface area contributed by atoms with Gasteiger partial charge in [-0.15, -0.1) is 0 Å². The molecule has 0 unspecified atom stereocenters. The fourth-order valence-corrected chi connectivity index (χ4v) is 2.92. The minimum Gasteiger partial charge on any atom is -0.338 e. The van der Waals surface area contributed by atoms with E-state index in [-0.39, 0.29) is 0 Å². The van der Waals surface area contributed by atoms with E-state index < -0.39 is 0 Å². The highest BCUT2D eigenvalue weighted by molar-refractivity contribution is 5.30. The molecule has 1 fully saturated rings. The molecule has 1 atom stereocenters. The Balaban J connectivity index is 1.59. The lowest BCUT2D eigenvalue weighted by molar-refractivity contribution is 0.252. The number of aromatic nitrogens is 3. The van der Waals surface area contributed by atoms with Crippen LogP contribution in [0.5, 0.6) is 0 Å². The largest absolute Gasteiger partial charge is 0.338 e. The summed E-state index contributed by atoms with van der Waals surface area (Å²) in [5.74, 6) is 0.844. The second-order valence-corrected chi connectivity index (χ2v) is 6.55. The summed E-state index contributed by atoms with van der Waals surface area (Å²) >= 11 is 0. The van der Waals surface area contributed by atoms with E-state index >= 15 is 0 Å². The van der Waals surface area contributed by atoms with Crippen LogP contribution in [0.15, 0.2) is 36.9 Å². The normalized spacial score (nSPS) is 17.2. The molecule has 3 heterocycles. The van der Waals surface area contributed by atoms with E-state index in [4.69, 9.17) is 0 Å². The molecule has 2 aromatic heterocycles. The molecule has 2 aromatic rings. The highest BCUT2D eigenvalue weighted by atomic mass is 15.3. The summed E-state index contributed by atoms with van der Waals surface area (Å²) < 4.78 is 0. The van der Waals surface area contributed by atoms with Gasteiger partial charge < -0.3 is 9.80 Å². The van der Waals surface area contributed by atoms with Gasteiger partial charge in [-0.1, -0.05) is 0 Å². The maximum Gasteiger partial charge on any atom is 0.225 e. The van der Waals surface area contributed by atoms with E-state index in [9.17, 15) is 0 Å². The van der Waals surface area contributed by atoms with Crippen LogP contribution in [0.3, 0.4) is 0 Å². The molecule has 0 bridgehead atoms. The number of nitrogens with zero attached hydrogens (tertiary/aromatic N) is 6. The average Bonchev–Trinajstić information content (AvgIpc) is 2.63. The van der Waals surface area contributed by atoms with Crippen molar-refractivity contribution < 1.29 is 0 Å². The highest BCUT2D eigenvalue weighted by Crippen LogP contribution is 2.20. The molecular formula is C18H26N6. The van der Waals surface area contributed by atoms with Gasteiger partial charge in [0.15, 0.2) is 0 Å². The molecule has 0 N–H and O–H groups in total. The van der Waals surface area contributed by atoms with Gasteiger partial charge in [-0.2, -0.15) is 0 Å². The first-order valence-corrected chi connectivity index (χ1v) is 8.48. The molecule has 1 aliphatic rings. The third kappa shape index (κ3) is 4.07. The van der Waals surface area contributed by atoms with Crippen LogP contribution in [0.4, 0.5) is 5.95 Å². The number of rotatable bonds is 5. The minimum atomic E-state index is 0.324. The first-order valence-electron chi connectivity index (χ1n) is 8.48. The van der Waals surface area contributed by atoms with Gasteiger partial charge in [0.2, 0.25) is 5.95 Å². The van der Waals surface area contributed by atoms with Crippen molar-refractivity contribution in [3.63, 3.8) is 0 Å². The standard InChI is InChI=1S/C18H26N6/c1-15(17-4-6-19-7-5-17)23(3)14-16-12-20-18(21-13-16)24-10-8-22(2)9-11-24/h4-7,12-13,15H,8-11,14H2,1-3H3/t15-/m0/s1. The van der Waals surface area contributed by atoms with Crippen LogP contribution in [0, 0.1) is 0 Å². The Kier molecular flexibility index (Phi) is 5.37. The van der Waals surface area contributed by atoms with Crippen molar-refractivity contribution >= 4 is 5.95 Å². The Morgan fingerprint density at radius 2 is 1.71 bits per heavy atom. The zero-order chi connectivity index (χ0) is 16.9. The summed E-state index contributed by atoms with van der Waals surface area (Å²) in [4.78, 5) is 20.1. The Labute approximate surface area is 144 Å². The zero-order valence-electron chi connectivity index (χ0n) is 14.8.